The molecule has 0 aromatic heterocycles. The fourth-order valence-corrected chi connectivity index (χ4v) is 1.82. The van der Waals surface area contributed by atoms with E-state index in [1.807, 2.05) is 24.3 Å². The smallest absolute Gasteiger partial charge is 0.119 e. The van der Waals surface area contributed by atoms with Crippen LogP contribution in [0.4, 0.5) is 0 Å². The molecule has 0 unspecified atom stereocenters. The highest BCUT2D eigenvalue weighted by Gasteiger charge is 1.96. The first-order chi connectivity index (χ1) is 8.88. The first-order valence-corrected chi connectivity index (χ1v) is 6.55. The van der Waals surface area contributed by atoms with E-state index in [0.717, 1.165) is 5.75 Å². The number of unbranched alkanes of at least 4 members (excludes halogenated alkanes) is 1. The average Bonchev–Trinajstić information content (AvgIpc) is 2.45. The number of hydrogen-bond acceptors (Lipinski definition) is 1. The van der Waals surface area contributed by atoms with Gasteiger partial charge in [0.15, 0.2) is 0 Å². The molecule has 0 N–H and O–H groups in total. The molecule has 1 nitrogen and oxygen atoms in total. The molecule has 0 bridgehead atoms. The minimum absolute atomic E-state index is 0.623. The molecule has 0 atom stereocenters. The monoisotopic (exact) mass is 239 g/mol. The summed E-state index contributed by atoms with van der Waals surface area (Å²) in [6.45, 7) is 2.84. The van der Waals surface area contributed by atoms with E-state index in [1.165, 1.54) is 30.4 Å². The Morgan fingerprint density at radius 2 is 1.61 bits per heavy atom. The van der Waals surface area contributed by atoms with E-state index in [9.17, 15) is 0 Å². The van der Waals surface area contributed by atoms with Crippen LogP contribution in [0.2, 0.25) is 0 Å². The molecule has 0 fully saturated rings. The van der Waals surface area contributed by atoms with Crippen LogP contribution < -0.4 is 4.74 Å². The van der Waals surface area contributed by atoms with Crippen molar-refractivity contribution in [3.05, 3.63) is 65.7 Å². The van der Waals surface area contributed by atoms with E-state index in [0.29, 0.717) is 6.61 Å². The van der Waals surface area contributed by atoms with Crippen molar-refractivity contribution in [3.63, 3.8) is 0 Å². The van der Waals surface area contributed by atoms with Crippen LogP contribution in [0, 0.1) is 6.07 Å². The summed E-state index contributed by atoms with van der Waals surface area (Å²) in [4.78, 5) is 0. The third kappa shape index (κ3) is 3.92. The van der Waals surface area contributed by atoms with Gasteiger partial charge in [-0.15, -0.1) is 0 Å². The Morgan fingerprint density at radius 1 is 0.944 bits per heavy atom. The molecule has 0 amide bonds. The van der Waals surface area contributed by atoms with Crippen molar-refractivity contribution < 1.29 is 4.74 Å². The van der Waals surface area contributed by atoms with Gasteiger partial charge < -0.3 is 4.74 Å². The van der Waals surface area contributed by atoms with E-state index >= 15 is 0 Å². The second kappa shape index (κ2) is 6.85. The van der Waals surface area contributed by atoms with Gasteiger partial charge in [-0.2, -0.15) is 0 Å². The van der Waals surface area contributed by atoms with E-state index in [1.54, 1.807) is 0 Å². The van der Waals surface area contributed by atoms with Gasteiger partial charge in [-0.05, 0) is 42.2 Å². The zero-order valence-corrected chi connectivity index (χ0v) is 10.9. The zero-order valence-electron chi connectivity index (χ0n) is 10.9. The quantitative estimate of drug-likeness (QED) is 0.725. The summed E-state index contributed by atoms with van der Waals surface area (Å²) in [5.41, 5.74) is 2.62. The Bertz CT molecular complexity index is 445. The number of hydrogen-bond donors (Lipinski definition) is 0. The van der Waals surface area contributed by atoms with Gasteiger partial charge >= 0.3 is 0 Å². The van der Waals surface area contributed by atoms with Gasteiger partial charge in [-0.1, -0.05) is 49.7 Å². The summed E-state index contributed by atoms with van der Waals surface area (Å²) >= 11 is 0. The molecule has 93 valence electrons. The highest BCUT2D eigenvalue weighted by atomic mass is 16.5. The third-order valence-corrected chi connectivity index (χ3v) is 2.94. The van der Waals surface area contributed by atoms with Crippen LogP contribution in [0.25, 0.3) is 0 Å². The summed E-state index contributed by atoms with van der Waals surface area (Å²) in [5.74, 6) is 0.892. The molecular weight excluding hydrogens is 220 g/mol. The summed E-state index contributed by atoms with van der Waals surface area (Å²) in [6, 6.07) is 19.3. The lowest BCUT2D eigenvalue weighted by molar-refractivity contribution is 0.306. The van der Waals surface area contributed by atoms with E-state index in [-0.39, 0.29) is 0 Å². The Balaban J connectivity index is 1.86. The Kier molecular flexibility index (Phi) is 4.83. The van der Waals surface area contributed by atoms with Gasteiger partial charge in [-0.3, -0.25) is 0 Å². The largest absolute Gasteiger partial charge is 0.489 e. The number of rotatable bonds is 6. The number of aryl methyl sites for hydroxylation is 1. The minimum Gasteiger partial charge on any atom is -0.489 e. The van der Waals surface area contributed by atoms with Crippen LogP contribution in [0.3, 0.4) is 0 Å². The first-order valence-electron chi connectivity index (χ1n) is 6.55. The highest BCUT2D eigenvalue weighted by Crippen LogP contribution is 2.13. The van der Waals surface area contributed by atoms with Crippen LogP contribution in [-0.2, 0) is 13.0 Å². The molecule has 18 heavy (non-hydrogen) atoms. The summed E-state index contributed by atoms with van der Waals surface area (Å²) in [5, 5.41) is 0. The summed E-state index contributed by atoms with van der Waals surface area (Å²) in [6.07, 6.45) is 3.68. The average molecular weight is 239 g/mol. The van der Waals surface area contributed by atoms with Crippen molar-refractivity contribution in [1.29, 1.82) is 0 Å². The van der Waals surface area contributed by atoms with Crippen molar-refractivity contribution >= 4 is 0 Å². The Hall–Kier alpha value is -1.76. The molecule has 0 aliphatic carbocycles. The van der Waals surface area contributed by atoms with Gasteiger partial charge in [0, 0.05) is 0 Å². The first kappa shape index (κ1) is 12.7. The molecule has 0 heterocycles. The molecular formula is C17H19O. The highest BCUT2D eigenvalue weighted by molar-refractivity contribution is 5.24. The third-order valence-electron chi connectivity index (χ3n) is 2.94. The van der Waals surface area contributed by atoms with Crippen LogP contribution in [0.1, 0.15) is 30.9 Å². The SMILES string of the molecule is CCCCc1ccc(COc2cc[c]cc2)cc1. The molecule has 0 saturated heterocycles. The van der Waals surface area contributed by atoms with Crippen LogP contribution in [0.15, 0.2) is 48.5 Å². The second-order valence-electron chi connectivity index (χ2n) is 4.44. The predicted molar refractivity (Wildman–Crippen MR) is 74.7 cm³/mol. The molecule has 0 aliphatic heterocycles. The van der Waals surface area contributed by atoms with Gasteiger partial charge in [0.05, 0.1) is 0 Å². The van der Waals surface area contributed by atoms with Crippen molar-refractivity contribution in [3.8, 4) is 5.75 Å². The van der Waals surface area contributed by atoms with Gasteiger partial charge in [0.1, 0.15) is 12.4 Å². The van der Waals surface area contributed by atoms with E-state index < -0.39 is 0 Å². The molecule has 2 aromatic carbocycles. The van der Waals surface area contributed by atoms with Crippen LogP contribution in [-0.4, -0.2) is 0 Å². The van der Waals surface area contributed by atoms with Crippen LogP contribution in [0.5, 0.6) is 5.75 Å². The predicted octanol–water partition coefficient (Wildman–Crippen LogP) is 4.41. The second-order valence-corrected chi connectivity index (χ2v) is 4.44. The molecule has 2 rings (SSSR count). The van der Waals surface area contributed by atoms with Crippen molar-refractivity contribution in [1.82, 2.24) is 0 Å². The minimum atomic E-state index is 0.623. The Morgan fingerprint density at radius 3 is 2.28 bits per heavy atom. The number of benzene rings is 2. The van der Waals surface area contributed by atoms with Crippen molar-refractivity contribution in [2.24, 2.45) is 0 Å². The molecule has 2 aromatic rings. The Labute approximate surface area is 109 Å². The van der Waals surface area contributed by atoms with Crippen LogP contribution >= 0.6 is 0 Å². The molecule has 0 aliphatic rings. The maximum absolute atomic E-state index is 5.69. The summed E-state index contributed by atoms with van der Waals surface area (Å²) < 4.78 is 5.69. The van der Waals surface area contributed by atoms with Gasteiger partial charge in [-0.25, -0.2) is 0 Å². The fourth-order valence-electron chi connectivity index (χ4n) is 1.82. The van der Waals surface area contributed by atoms with Gasteiger partial charge in [0.2, 0.25) is 0 Å². The van der Waals surface area contributed by atoms with Crippen molar-refractivity contribution in [2.75, 3.05) is 0 Å². The molecule has 0 saturated carbocycles. The maximum atomic E-state index is 5.69. The molecule has 1 heteroatoms. The molecule has 1 radical (unpaired) electrons. The lowest BCUT2D eigenvalue weighted by Crippen LogP contribution is -1.95. The zero-order chi connectivity index (χ0) is 12.6. The fraction of sp³-hybridized carbons (Fsp3) is 0.294. The summed E-state index contributed by atoms with van der Waals surface area (Å²) in [7, 11) is 0. The van der Waals surface area contributed by atoms with E-state index in [4.69, 9.17) is 4.74 Å². The lowest BCUT2D eigenvalue weighted by Gasteiger charge is -2.07. The lowest BCUT2D eigenvalue weighted by atomic mass is 10.1. The van der Waals surface area contributed by atoms with E-state index in [2.05, 4.69) is 37.3 Å². The normalized spacial score (nSPS) is 10.3. The van der Waals surface area contributed by atoms with Gasteiger partial charge in [0.25, 0.3) is 0 Å². The molecule has 0 spiro atoms. The number of ether oxygens (including phenoxy) is 1. The standard InChI is InChI=1S/C17H19O/c1-2-3-7-15-10-12-16(13-11-15)14-18-17-8-5-4-6-9-17/h5-6,8-13H,2-3,7,14H2,1H3. The topological polar surface area (TPSA) is 9.23 Å². The maximum Gasteiger partial charge on any atom is 0.119 e. The van der Waals surface area contributed by atoms with Crippen molar-refractivity contribution in [2.45, 2.75) is 32.8 Å².